The number of ether oxygens (including phenoxy) is 2. The molecule has 130 valence electrons. The standard InChI is InChI=1S/C20H16N2O4/c21-11-16(20(24)22-12-15-4-2-1-3-5-15)17(23)8-6-14-7-9-18-19(10-14)26-13-25-18/h1-10,16H,12-13H2,(H,22,24)/b8-6+/t16-/m0/s1. The maximum Gasteiger partial charge on any atom is 0.245 e. The van der Waals surface area contributed by atoms with E-state index in [1.165, 1.54) is 6.08 Å². The Morgan fingerprint density at radius 2 is 1.92 bits per heavy atom. The van der Waals surface area contributed by atoms with Crippen molar-refractivity contribution in [3.63, 3.8) is 0 Å². The van der Waals surface area contributed by atoms with Gasteiger partial charge in [-0.3, -0.25) is 9.59 Å². The highest BCUT2D eigenvalue weighted by atomic mass is 16.7. The van der Waals surface area contributed by atoms with Crippen LogP contribution in [0.15, 0.2) is 54.6 Å². The Kier molecular flexibility index (Phi) is 5.30. The van der Waals surface area contributed by atoms with E-state index in [2.05, 4.69) is 5.32 Å². The molecule has 0 bridgehead atoms. The summed E-state index contributed by atoms with van der Waals surface area (Å²) in [5, 5.41) is 11.8. The molecule has 0 fully saturated rings. The van der Waals surface area contributed by atoms with Crippen LogP contribution in [0, 0.1) is 17.2 Å². The first-order chi connectivity index (χ1) is 12.7. The van der Waals surface area contributed by atoms with E-state index in [-0.39, 0.29) is 13.3 Å². The predicted octanol–water partition coefficient (Wildman–Crippen LogP) is 2.45. The fourth-order valence-electron chi connectivity index (χ4n) is 2.43. The summed E-state index contributed by atoms with van der Waals surface area (Å²) in [6, 6.07) is 16.2. The van der Waals surface area contributed by atoms with E-state index in [0.717, 1.165) is 5.56 Å². The molecule has 0 spiro atoms. The lowest BCUT2D eigenvalue weighted by Crippen LogP contribution is -2.33. The maximum atomic E-state index is 12.2. The highest BCUT2D eigenvalue weighted by Crippen LogP contribution is 2.32. The second-order valence-electron chi connectivity index (χ2n) is 5.61. The summed E-state index contributed by atoms with van der Waals surface area (Å²) >= 11 is 0. The SMILES string of the molecule is N#C[C@@H](C(=O)/C=C/c1ccc2c(c1)OCO2)C(=O)NCc1ccccc1. The number of ketones is 1. The van der Waals surface area contributed by atoms with E-state index in [1.54, 1.807) is 30.3 Å². The normalized spacial score (nSPS) is 13.2. The van der Waals surface area contributed by atoms with Crippen LogP contribution in [0.2, 0.25) is 0 Å². The molecule has 1 N–H and O–H groups in total. The summed E-state index contributed by atoms with van der Waals surface area (Å²) in [6.45, 7) is 0.427. The molecule has 6 nitrogen and oxygen atoms in total. The summed E-state index contributed by atoms with van der Waals surface area (Å²) in [5.41, 5.74) is 1.60. The highest BCUT2D eigenvalue weighted by Gasteiger charge is 2.24. The molecule has 1 heterocycles. The lowest BCUT2D eigenvalue weighted by molar-refractivity contribution is -0.129. The zero-order chi connectivity index (χ0) is 18.4. The Morgan fingerprint density at radius 1 is 1.15 bits per heavy atom. The molecule has 1 atom stereocenters. The molecule has 0 saturated heterocycles. The third-order valence-electron chi connectivity index (χ3n) is 3.82. The van der Waals surface area contributed by atoms with E-state index < -0.39 is 17.6 Å². The number of fused-ring (bicyclic) bond motifs is 1. The molecule has 1 aliphatic rings. The number of amides is 1. The van der Waals surface area contributed by atoms with Gasteiger partial charge in [-0.25, -0.2) is 0 Å². The quantitative estimate of drug-likeness (QED) is 0.640. The number of allylic oxidation sites excluding steroid dienone is 1. The topological polar surface area (TPSA) is 88.4 Å². The van der Waals surface area contributed by atoms with Crippen molar-refractivity contribution in [1.82, 2.24) is 5.32 Å². The van der Waals surface area contributed by atoms with Gasteiger partial charge in [0.25, 0.3) is 0 Å². The van der Waals surface area contributed by atoms with Gasteiger partial charge in [-0.1, -0.05) is 42.5 Å². The first kappa shape index (κ1) is 17.2. The van der Waals surface area contributed by atoms with Crippen LogP contribution in [0.1, 0.15) is 11.1 Å². The molecule has 2 aromatic rings. The molecular weight excluding hydrogens is 332 g/mol. The fourth-order valence-corrected chi connectivity index (χ4v) is 2.43. The summed E-state index contributed by atoms with van der Waals surface area (Å²) in [4.78, 5) is 24.3. The Morgan fingerprint density at radius 3 is 2.69 bits per heavy atom. The zero-order valence-electron chi connectivity index (χ0n) is 13.8. The highest BCUT2D eigenvalue weighted by molar-refractivity contribution is 6.10. The number of hydrogen-bond donors (Lipinski definition) is 1. The van der Waals surface area contributed by atoms with Crippen LogP contribution in [-0.2, 0) is 16.1 Å². The number of nitrogens with one attached hydrogen (secondary N) is 1. The summed E-state index contributed by atoms with van der Waals surface area (Å²) in [5.74, 6) is -1.34. The maximum absolute atomic E-state index is 12.2. The van der Waals surface area contributed by atoms with Gasteiger partial charge in [0.2, 0.25) is 12.7 Å². The van der Waals surface area contributed by atoms with Gasteiger partial charge in [-0.05, 0) is 29.3 Å². The minimum absolute atomic E-state index is 0.166. The van der Waals surface area contributed by atoms with E-state index >= 15 is 0 Å². The van der Waals surface area contributed by atoms with Crippen molar-refractivity contribution in [2.75, 3.05) is 6.79 Å². The van der Waals surface area contributed by atoms with Gasteiger partial charge in [0.15, 0.2) is 23.2 Å². The van der Waals surface area contributed by atoms with Gasteiger partial charge in [-0.15, -0.1) is 0 Å². The number of hydrogen-bond acceptors (Lipinski definition) is 5. The van der Waals surface area contributed by atoms with E-state index in [4.69, 9.17) is 9.47 Å². The molecule has 26 heavy (non-hydrogen) atoms. The Bertz CT molecular complexity index is 884. The van der Waals surface area contributed by atoms with Crippen LogP contribution < -0.4 is 14.8 Å². The summed E-state index contributed by atoms with van der Waals surface area (Å²) < 4.78 is 10.5. The zero-order valence-corrected chi connectivity index (χ0v) is 13.8. The lowest BCUT2D eigenvalue weighted by Gasteiger charge is -2.08. The van der Waals surface area contributed by atoms with Crippen molar-refractivity contribution in [3.05, 3.63) is 65.7 Å². The largest absolute Gasteiger partial charge is 0.454 e. The molecule has 1 aliphatic heterocycles. The molecule has 3 rings (SSSR count). The van der Waals surface area contributed by atoms with Gasteiger partial charge in [0, 0.05) is 6.54 Å². The molecule has 0 aromatic heterocycles. The number of nitrogens with zero attached hydrogens (tertiary/aromatic N) is 1. The van der Waals surface area contributed by atoms with Crippen molar-refractivity contribution < 1.29 is 19.1 Å². The molecule has 2 aromatic carbocycles. The van der Waals surface area contributed by atoms with E-state index in [1.807, 2.05) is 30.3 Å². The van der Waals surface area contributed by atoms with Crippen molar-refractivity contribution in [3.8, 4) is 17.6 Å². The molecule has 0 radical (unpaired) electrons. The van der Waals surface area contributed by atoms with Crippen molar-refractivity contribution in [2.24, 2.45) is 5.92 Å². The minimum Gasteiger partial charge on any atom is -0.454 e. The predicted molar refractivity (Wildman–Crippen MR) is 94.0 cm³/mol. The number of rotatable bonds is 6. The van der Waals surface area contributed by atoms with Crippen molar-refractivity contribution in [1.29, 1.82) is 5.26 Å². The summed E-state index contributed by atoms with van der Waals surface area (Å²) in [7, 11) is 0. The van der Waals surface area contributed by atoms with Crippen LogP contribution in [0.3, 0.4) is 0 Å². The number of benzene rings is 2. The van der Waals surface area contributed by atoms with Crippen LogP contribution in [0.5, 0.6) is 11.5 Å². The number of carbonyl (C=O) groups excluding carboxylic acids is 2. The second-order valence-corrected chi connectivity index (χ2v) is 5.61. The molecule has 0 saturated carbocycles. The Labute approximate surface area is 150 Å². The van der Waals surface area contributed by atoms with E-state index in [9.17, 15) is 14.9 Å². The van der Waals surface area contributed by atoms with Gasteiger partial charge in [0.05, 0.1) is 6.07 Å². The second kappa shape index (κ2) is 7.99. The van der Waals surface area contributed by atoms with E-state index in [0.29, 0.717) is 17.1 Å². The lowest BCUT2D eigenvalue weighted by atomic mass is 10.0. The summed E-state index contributed by atoms with van der Waals surface area (Å²) in [6.07, 6.45) is 2.77. The van der Waals surface area contributed by atoms with Crippen LogP contribution in [0.4, 0.5) is 0 Å². The fraction of sp³-hybridized carbons (Fsp3) is 0.150. The van der Waals surface area contributed by atoms with Gasteiger partial charge < -0.3 is 14.8 Å². The third kappa shape index (κ3) is 4.08. The number of carbonyl (C=O) groups is 2. The number of nitriles is 1. The van der Waals surface area contributed by atoms with Crippen LogP contribution >= 0.6 is 0 Å². The first-order valence-corrected chi connectivity index (χ1v) is 8.00. The van der Waals surface area contributed by atoms with Gasteiger partial charge in [0.1, 0.15) is 0 Å². The Hall–Kier alpha value is -3.59. The molecule has 0 unspecified atom stereocenters. The molecule has 6 heteroatoms. The molecule has 0 aliphatic carbocycles. The molecule has 1 amide bonds. The monoisotopic (exact) mass is 348 g/mol. The first-order valence-electron chi connectivity index (χ1n) is 8.00. The van der Waals surface area contributed by atoms with Gasteiger partial charge >= 0.3 is 0 Å². The van der Waals surface area contributed by atoms with Crippen molar-refractivity contribution in [2.45, 2.75) is 6.54 Å². The molecular formula is C20H16N2O4. The minimum atomic E-state index is -1.39. The van der Waals surface area contributed by atoms with Gasteiger partial charge in [-0.2, -0.15) is 5.26 Å². The smallest absolute Gasteiger partial charge is 0.245 e. The van der Waals surface area contributed by atoms with Crippen molar-refractivity contribution >= 4 is 17.8 Å². The van der Waals surface area contributed by atoms with Crippen LogP contribution in [-0.4, -0.2) is 18.5 Å². The van der Waals surface area contributed by atoms with Crippen LogP contribution in [0.25, 0.3) is 6.08 Å². The third-order valence-corrected chi connectivity index (χ3v) is 3.82. The Balaban J connectivity index is 1.61. The average molecular weight is 348 g/mol. The average Bonchev–Trinajstić information content (AvgIpc) is 3.14.